The molecule has 214 valence electrons. The van der Waals surface area contributed by atoms with Crippen LogP contribution in [0.3, 0.4) is 0 Å². The highest BCUT2D eigenvalue weighted by molar-refractivity contribution is 6.00. The second-order valence-electron chi connectivity index (χ2n) is 10.1. The molecule has 1 saturated carbocycles. The van der Waals surface area contributed by atoms with Gasteiger partial charge in [0.1, 0.15) is 11.5 Å². The molecule has 2 aromatic rings. The second-order valence-corrected chi connectivity index (χ2v) is 10.1. The Morgan fingerprint density at radius 1 is 0.875 bits per heavy atom. The molecule has 1 aliphatic carbocycles. The lowest BCUT2D eigenvalue weighted by Gasteiger charge is -2.34. The first-order chi connectivity index (χ1) is 19.3. The number of aliphatic carboxylic acids is 1. The molecule has 0 aromatic heterocycles. The topological polar surface area (TPSA) is 138 Å². The maximum atomic E-state index is 13.8. The lowest BCUT2D eigenvalue weighted by Crippen LogP contribution is -2.57. The van der Waals surface area contributed by atoms with Crippen molar-refractivity contribution in [1.82, 2.24) is 15.1 Å². The van der Waals surface area contributed by atoms with Crippen molar-refractivity contribution in [3.05, 3.63) is 54.1 Å². The summed E-state index contributed by atoms with van der Waals surface area (Å²) in [5, 5.41) is 15.2. The molecular weight excluding hydrogens is 516 g/mol. The van der Waals surface area contributed by atoms with Crippen LogP contribution >= 0.6 is 0 Å². The smallest absolute Gasteiger partial charge is 0.323 e. The van der Waals surface area contributed by atoms with Crippen LogP contribution < -0.4 is 20.1 Å². The summed E-state index contributed by atoms with van der Waals surface area (Å²) in [5.74, 6) is -0.794. The van der Waals surface area contributed by atoms with Gasteiger partial charge in [-0.3, -0.25) is 19.3 Å². The first-order valence-corrected chi connectivity index (χ1v) is 13.5. The van der Waals surface area contributed by atoms with E-state index in [0.29, 0.717) is 22.7 Å². The van der Waals surface area contributed by atoms with E-state index in [2.05, 4.69) is 10.6 Å². The van der Waals surface area contributed by atoms with Crippen LogP contribution in [0.4, 0.5) is 10.5 Å². The van der Waals surface area contributed by atoms with Gasteiger partial charge in [0.15, 0.2) is 6.17 Å². The van der Waals surface area contributed by atoms with Gasteiger partial charge in [-0.25, -0.2) is 4.79 Å². The molecule has 2 atom stereocenters. The average molecular weight is 553 g/mol. The number of methoxy groups -OCH3 is 2. The van der Waals surface area contributed by atoms with Gasteiger partial charge < -0.3 is 30.1 Å². The summed E-state index contributed by atoms with van der Waals surface area (Å²) in [6.45, 7) is 0.251. The number of carbonyl (C=O) groups excluding carboxylic acids is 3. The number of carboxylic acids is 1. The number of urea groups is 1. The van der Waals surface area contributed by atoms with Gasteiger partial charge in [-0.05, 0) is 67.3 Å². The zero-order valence-corrected chi connectivity index (χ0v) is 22.8. The van der Waals surface area contributed by atoms with Crippen LogP contribution in [-0.4, -0.2) is 78.2 Å². The summed E-state index contributed by atoms with van der Waals surface area (Å²) >= 11 is 0. The number of carbonyl (C=O) groups is 4. The molecule has 4 rings (SSSR count). The van der Waals surface area contributed by atoms with Crippen LogP contribution in [0.15, 0.2) is 48.5 Å². The number of hydrogen-bond donors (Lipinski definition) is 3. The largest absolute Gasteiger partial charge is 0.497 e. The van der Waals surface area contributed by atoms with Crippen LogP contribution in [0.5, 0.6) is 11.5 Å². The molecule has 2 aromatic carbocycles. The summed E-state index contributed by atoms with van der Waals surface area (Å²) in [6, 6.07) is 12.1. The molecule has 0 radical (unpaired) electrons. The molecular formula is C29H36N4O7. The van der Waals surface area contributed by atoms with Gasteiger partial charge in [0.25, 0.3) is 11.8 Å². The van der Waals surface area contributed by atoms with Gasteiger partial charge in [0.05, 0.1) is 20.6 Å². The molecule has 2 fully saturated rings. The average Bonchev–Trinajstić information content (AvgIpc) is 3.43. The van der Waals surface area contributed by atoms with E-state index < -0.39 is 36.0 Å². The number of benzene rings is 2. The number of rotatable bonds is 9. The van der Waals surface area contributed by atoms with Crippen molar-refractivity contribution in [3.63, 3.8) is 0 Å². The van der Waals surface area contributed by atoms with E-state index in [1.54, 1.807) is 55.6 Å². The highest BCUT2D eigenvalue weighted by Gasteiger charge is 2.44. The minimum Gasteiger partial charge on any atom is -0.497 e. The third-order valence-electron chi connectivity index (χ3n) is 7.55. The molecule has 1 saturated heterocycles. The summed E-state index contributed by atoms with van der Waals surface area (Å²) in [4.78, 5) is 55.1. The van der Waals surface area contributed by atoms with E-state index >= 15 is 0 Å². The minimum absolute atomic E-state index is 0.0162. The van der Waals surface area contributed by atoms with Gasteiger partial charge in [0.2, 0.25) is 0 Å². The Bertz CT molecular complexity index is 1200. The lowest BCUT2D eigenvalue weighted by atomic mass is 9.82. The number of ether oxygens (including phenoxy) is 2. The SMILES string of the molecule is COc1ccc(NC(=O)N2CCN(C(=O)c3ccc(OC)cc3)C2C(=O)NC(CC(=O)O)C2CCCCC2)cc1. The fourth-order valence-corrected chi connectivity index (χ4v) is 5.42. The molecule has 4 amide bonds. The first kappa shape index (κ1) is 28.7. The Morgan fingerprint density at radius 3 is 2.02 bits per heavy atom. The zero-order valence-electron chi connectivity index (χ0n) is 22.8. The highest BCUT2D eigenvalue weighted by atomic mass is 16.5. The van der Waals surface area contributed by atoms with Crippen LogP contribution in [-0.2, 0) is 9.59 Å². The molecule has 0 spiro atoms. The molecule has 1 heterocycles. The van der Waals surface area contributed by atoms with E-state index in [1.807, 2.05) is 0 Å². The number of anilines is 1. The van der Waals surface area contributed by atoms with Gasteiger partial charge in [0, 0.05) is 30.4 Å². The minimum atomic E-state index is -1.26. The number of nitrogens with zero attached hydrogens (tertiary/aromatic N) is 2. The van der Waals surface area contributed by atoms with Crippen molar-refractivity contribution in [2.45, 2.75) is 50.7 Å². The molecule has 40 heavy (non-hydrogen) atoms. The highest BCUT2D eigenvalue weighted by Crippen LogP contribution is 2.29. The van der Waals surface area contributed by atoms with Crippen LogP contribution in [0.25, 0.3) is 0 Å². The Balaban J connectivity index is 1.59. The molecule has 2 unspecified atom stereocenters. The normalized spacial score (nSPS) is 18.1. The van der Waals surface area contributed by atoms with Crippen LogP contribution in [0.2, 0.25) is 0 Å². The number of amides is 4. The third-order valence-corrected chi connectivity index (χ3v) is 7.55. The van der Waals surface area contributed by atoms with Gasteiger partial charge in [-0.1, -0.05) is 19.3 Å². The van der Waals surface area contributed by atoms with Crippen molar-refractivity contribution < 1.29 is 33.8 Å². The fraction of sp³-hybridized carbons (Fsp3) is 0.448. The Kier molecular flexibility index (Phi) is 9.47. The zero-order chi connectivity index (χ0) is 28.6. The Morgan fingerprint density at radius 2 is 1.45 bits per heavy atom. The summed E-state index contributed by atoms with van der Waals surface area (Å²) in [7, 11) is 3.07. The van der Waals surface area contributed by atoms with Crippen molar-refractivity contribution in [3.8, 4) is 11.5 Å². The summed E-state index contributed by atoms with van der Waals surface area (Å²) in [6.07, 6.45) is 3.17. The van der Waals surface area contributed by atoms with E-state index in [9.17, 15) is 24.3 Å². The predicted octanol–water partition coefficient (Wildman–Crippen LogP) is 3.56. The van der Waals surface area contributed by atoms with Crippen LogP contribution in [0.1, 0.15) is 48.9 Å². The third kappa shape index (κ3) is 6.83. The van der Waals surface area contributed by atoms with Gasteiger partial charge in [-0.15, -0.1) is 0 Å². The Hall–Kier alpha value is -4.28. The first-order valence-electron chi connectivity index (χ1n) is 13.5. The second kappa shape index (κ2) is 13.2. The predicted molar refractivity (Wildman–Crippen MR) is 147 cm³/mol. The fourth-order valence-electron chi connectivity index (χ4n) is 5.42. The van der Waals surface area contributed by atoms with E-state index in [1.165, 1.54) is 16.9 Å². The molecule has 11 nitrogen and oxygen atoms in total. The van der Waals surface area contributed by atoms with Crippen molar-refractivity contribution in [2.24, 2.45) is 5.92 Å². The van der Waals surface area contributed by atoms with Crippen LogP contribution in [0, 0.1) is 5.92 Å². The quantitative estimate of drug-likeness (QED) is 0.433. The van der Waals surface area contributed by atoms with Gasteiger partial charge >= 0.3 is 12.0 Å². The monoisotopic (exact) mass is 552 g/mol. The lowest BCUT2D eigenvalue weighted by molar-refractivity contribution is -0.138. The van der Waals surface area contributed by atoms with E-state index in [0.717, 1.165) is 32.1 Å². The van der Waals surface area contributed by atoms with E-state index in [-0.39, 0.29) is 25.4 Å². The molecule has 1 aliphatic heterocycles. The van der Waals surface area contributed by atoms with Crippen molar-refractivity contribution in [1.29, 1.82) is 0 Å². The van der Waals surface area contributed by atoms with Crippen molar-refractivity contribution in [2.75, 3.05) is 32.6 Å². The summed E-state index contributed by atoms with van der Waals surface area (Å²) < 4.78 is 10.3. The van der Waals surface area contributed by atoms with E-state index in [4.69, 9.17) is 9.47 Å². The van der Waals surface area contributed by atoms with Gasteiger partial charge in [-0.2, -0.15) is 0 Å². The molecule has 0 bridgehead atoms. The molecule has 3 N–H and O–H groups in total. The molecule has 2 aliphatic rings. The maximum absolute atomic E-state index is 13.8. The number of hydrogen-bond acceptors (Lipinski definition) is 6. The number of nitrogens with one attached hydrogen (secondary N) is 2. The summed E-state index contributed by atoms with van der Waals surface area (Å²) in [5.41, 5.74) is 0.834. The molecule has 11 heteroatoms. The number of carboxylic acid groups (broad SMARTS) is 1. The maximum Gasteiger partial charge on any atom is 0.323 e. The Labute approximate surface area is 233 Å². The standard InChI is InChI=1S/C29H36N4O7/c1-39-22-12-8-20(9-13-22)28(37)32-16-17-33(29(38)30-21-10-14-23(40-2)15-11-21)27(32)26(36)31-24(18-25(34)35)19-6-4-3-5-7-19/h8-15,19,24,27H,3-7,16-18H2,1-2H3,(H,30,38)(H,31,36)(H,34,35). The van der Waals surface area contributed by atoms with Crippen molar-refractivity contribution >= 4 is 29.5 Å².